The maximum absolute atomic E-state index is 12.6. The molecule has 1 rings (SSSR count). The van der Waals surface area contributed by atoms with Crippen LogP contribution in [0.25, 0.3) is 0 Å². The Morgan fingerprint density at radius 1 is 1.75 bits per heavy atom. The van der Waals surface area contributed by atoms with Crippen molar-refractivity contribution in [3.8, 4) is 0 Å². The topological polar surface area (TPSA) is 50.2 Å². The molecule has 1 aromatic rings. The maximum atomic E-state index is 12.6. The minimum Gasteiger partial charge on any atom is -0.479 e. The van der Waals surface area contributed by atoms with E-state index in [1.54, 1.807) is 18.3 Å². The highest BCUT2D eigenvalue weighted by atomic mass is 19.1. The monoisotopic (exact) mass is 169 g/mol. The quantitative estimate of drug-likeness (QED) is 0.735. The minimum atomic E-state index is -1.84. The van der Waals surface area contributed by atoms with Gasteiger partial charge in [0.1, 0.15) is 0 Å². The van der Waals surface area contributed by atoms with Crippen molar-refractivity contribution in [2.45, 2.75) is 12.6 Å². The van der Waals surface area contributed by atoms with Gasteiger partial charge in [-0.25, -0.2) is 9.18 Å². The van der Waals surface area contributed by atoms with Crippen LogP contribution in [0.15, 0.2) is 24.5 Å². The second kappa shape index (κ2) is 3.80. The number of aromatic nitrogens is 1. The summed E-state index contributed by atoms with van der Waals surface area (Å²) in [5, 5.41) is 8.25. The van der Waals surface area contributed by atoms with Gasteiger partial charge in [0.2, 0.25) is 6.17 Å². The Hall–Kier alpha value is -1.45. The molecule has 0 aliphatic carbocycles. The van der Waals surface area contributed by atoms with Crippen LogP contribution in [0.1, 0.15) is 5.56 Å². The molecule has 0 saturated carbocycles. The molecule has 0 aliphatic rings. The van der Waals surface area contributed by atoms with Gasteiger partial charge < -0.3 is 5.11 Å². The molecule has 0 radical (unpaired) electrons. The Morgan fingerprint density at radius 3 is 3.00 bits per heavy atom. The van der Waals surface area contributed by atoms with E-state index >= 15 is 0 Å². The first-order chi connectivity index (χ1) is 5.70. The summed E-state index contributed by atoms with van der Waals surface area (Å²) in [6.45, 7) is 0. The molecule has 1 unspecified atom stereocenters. The lowest BCUT2D eigenvalue weighted by molar-refractivity contribution is -0.142. The van der Waals surface area contributed by atoms with Crippen molar-refractivity contribution in [1.29, 1.82) is 0 Å². The Kier molecular flexibility index (Phi) is 2.74. The number of hydrogen-bond donors (Lipinski definition) is 1. The lowest BCUT2D eigenvalue weighted by Gasteiger charge is -2.01. The number of carbonyl (C=O) groups is 1. The van der Waals surface area contributed by atoms with E-state index in [4.69, 9.17) is 5.11 Å². The van der Waals surface area contributed by atoms with E-state index in [1.165, 1.54) is 6.20 Å². The highest BCUT2D eigenvalue weighted by Gasteiger charge is 2.15. The van der Waals surface area contributed by atoms with Crippen LogP contribution in [0.2, 0.25) is 0 Å². The predicted molar refractivity (Wildman–Crippen MR) is 40.5 cm³/mol. The molecule has 0 amide bonds. The molecular formula is C8H8FNO2. The summed E-state index contributed by atoms with van der Waals surface area (Å²) in [5.74, 6) is -1.43. The zero-order chi connectivity index (χ0) is 8.97. The summed E-state index contributed by atoms with van der Waals surface area (Å²) >= 11 is 0. The lowest BCUT2D eigenvalue weighted by Crippen LogP contribution is -2.17. The third-order valence-electron chi connectivity index (χ3n) is 1.41. The molecule has 3 nitrogen and oxygen atoms in total. The summed E-state index contributed by atoms with van der Waals surface area (Å²) < 4.78 is 12.6. The largest absolute Gasteiger partial charge is 0.479 e. The Bertz CT molecular complexity index is 263. The summed E-state index contributed by atoms with van der Waals surface area (Å²) in [5.41, 5.74) is 0.590. The van der Waals surface area contributed by atoms with Crippen LogP contribution in [-0.4, -0.2) is 22.2 Å². The first-order valence-electron chi connectivity index (χ1n) is 3.46. The van der Waals surface area contributed by atoms with Crippen molar-refractivity contribution in [3.63, 3.8) is 0 Å². The molecule has 1 N–H and O–H groups in total. The Balaban J connectivity index is 2.58. The van der Waals surface area contributed by atoms with Crippen molar-refractivity contribution >= 4 is 5.97 Å². The zero-order valence-corrected chi connectivity index (χ0v) is 6.27. The average molecular weight is 169 g/mol. The van der Waals surface area contributed by atoms with E-state index in [2.05, 4.69) is 4.98 Å². The molecule has 4 heteroatoms. The summed E-state index contributed by atoms with van der Waals surface area (Å²) in [4.78, 5) is 13.8. The molecule has 0 aliphatic heterocycles. The van der Waals surface area contributed by atoms with Gasteiger partial charge in [-0.05, 0) is 11.6 Å². The van der Waals surface area contributed by atoms with Crippen molar-refractivity contribution in [3.05, 3.63) is 30.1 Å². The van der Waals surface area contributed by atoms with Gasteiger partial charge in [-0.3, -0.25) is 4.98 Å². The number of pyridine rings is 1. The molecular weight excluding hydrogens is 161 g/mol. The van der Waals surface area contributed by atoms with Gasteiger partial charge in [-0.1, -0.05) is 6.07 Å². The van der Waals surface area contributed by atoms with Gasteiger partial charge >= 0.3 is 5.97 Å². The fourth-order valence-corrected chi connectivity index (χ4v) is 0.813. The number of carboxylic acid groups (broad SMARTS) is 1. The Morgan fingerprint density at radius 2 is 2.50 bits per heavy atom. The van der Waals surface area contributed by atoms with Crippen molar-refractivity contribution in [1.82, 2.24) is 4.98 Å². The van der Waals surface area contributed by atoms with E-state index in [1.807, 2.05) is 0 Å². The van der Waals surface area contributed by atoms with Gasteiger partial charge in [0.25, 0.3) is 0 Å². The highest BCUT2D eigenvalue weighted by molar-refractivity contribution is 5.72. The highest BCUT2D eigenvalue weighted by Crippen LogP contribution is 2.03. The molecule has 0 fully saturated rings. The molecule has 64 valence electrons. The van der Waals surface area contributed by atoms with Crippen LogP contribution in [0, 0.1) is 0 Å². The molecule has 1 atom stereocenters. The van der Waals surface area contributed by atoms with Crippen LogP contribution in [-0.2, 0) is 11.2 Å². The molecule has 0 saturated heterocycles. The van der Waals surface area contributed by atoms with Crippen molar-refractivity contribution in [2.75, 3.05) is 0 Å². The molecule has 1 heterocycles. The number of nitrogens with zero attached hydrogens (tertiary/aromatic N) is 1. The summed E-state index contributed by atoms with van der Waals surface area (Å²) in [6, 6.07) is 3.28. The fraction of sp³-hybridized carbons (Fsp3) is 0.250. The Labute approximate surface area is 68.9 Å². The third kappa shape index (κ3) is 2.30. The smallest absolute Gasteiger partial charge is 0.338 e. The van der Waals surface area contributed by atoms with Gasteiger partial charge in [-0.15, -0.1) is 0 Å². The molecule has 0 bridgehead atoms. The second-order valence-electron chi connectivity index (χ2n) is 2.37. The number of carboxylic acids is 1. The molecule has 12 heavy (non-hydrogen) atoms. The summed E-state index contributed by atoms with van der Waals surface area (Å²) in [6.07, 6.45) is 1.05. The van der Waals surface area contributed by atoms with Crippen LogP contribution < -0.4 is 0 Å². The van der Waals surface area contributed by atoms with Crippen molar-refractivity contribution < 1.29 is 14.3 Å². The SMILES string of the molecule is O=C(O)C(F)Cc1cccnc1. The first-order valence-corrected chi connectivity index (χ1v) is 3.46. The number of halogens is 1. The molecule has 0 spiro atoms. The van der Waals surface area contributed by atoms with E-state index in [0.29, 0.717) is 5.56 Å². The standard InChI is InChI=1S/C8H8FNO2/c9-7(8(11)12)4-6-2-1-3-10-5-6/h1-3,5,7H,4H2,(H,11,12). The number of aliphatic carboxylic acids is 1. The van der Waals surface area contributed by atoms with E-state index in [-0.39, 0.29) is 6.42 Å². The average Bonchev–Trinajstić information content (AvgIpc) is 2.06. The molecule has 1 aromatic heterocycles. The van der Waals surface area contributed by atoms with Gasteiger partial charge in [0.15, 0.2) is 0 Å². The van der Waals surface area contributed by atoms with Crippen LogP contribution in [0.5, 0.6) is 0 Å². The van der Waals surface area contributed by atoms with Crippen molar-refractivity contribution in [2.24, 2.45) is 0 Å². The maximum Gasteiger partial charge on any atom is 0.338 e. The van der Waals surface area contributed by atoms with E-state index < -0.39 is 12.1 Å². The number of alkyl halides is 1. The van der Waals surface area contributed by atoms with Crippen LogP contribution in [0.4, 0.5) is 4.39 Å². The second-order valence-corrected chi connectivity index (χ2v) is 2.37. The van der Waals surface area contributed by atoms with Gasteiger partial charge in [0.05, 0.1) is 0 Å². The first kappa shape index (κ1) is 8.64. The van der Waals surface area contributed by atoms with Crippen LogP contribution >= 0.6 is 0 Å². The third-order valence-corrected chi connectivity index (χ3v) is 1.41. The van der Waals surface area contributed by atoms with E-state index in [9.17, 15) is 9.18 Å². The van der Waals surface area contributed by atoms with Gasteiger partial charge in [0, 0.05) is 18.8 Å². The molecule has 0 aromatic carbocycles. The normalized spacial score (nSPS) is 12.4. The minimum absolute atomic E-state index is 0.122. The predicted octanol–water partition coefficient (Wildman–Crippen LogP) is 1.05. The van der Waals surface area contributed by atoms with E-state index in [0.717, 1.165) is 0 Å². The van der Waals surface area contributed by atoms with Gasteiger partial charge in [-0.2, -0.15) is 0 Å². The number of hydrogen-bond acceptors (Lipinski definition) is 2. The lowest BCUT2D eigenvalue weighted by atomic mass is 10.1. The summed E-state index contributed by atoms with van der Waals surface area (Å²) in [7, 11) is 0. The fourth-order valence-electron chi connectivity index (χ4n) is 0.813. The van der Waals surface area contributed by atoms with Crippen LogP contribution in [0.3, 0.4) is 0 Å². The number of rotatable bonds is 3. The zero-order valence-electron chi connectivity index (χ0n) is 6.27.